The van der Waals surface area contributed by atoms with E-state index in [0.717, 1.165) is 30.6 Å². The Labute approximate surface area is 214 Å². The number of hydrogen-bond donors (Lipinski definition) is 3. The molecule has 0 spiro atoms. The summed E-state index contributed by atoms with van der Waals surface area (Å²) in [7, 11) is 4.07. The number of ketones is 1. The second-order valence-corrected chi connectivity index (χ2v) is 11.7. The molecule has 0 aliphatic heterocycles. The number of benzene rings is 1. The van der Waals surface area contributed by atoms with Crippen molar-refractivity contribution in [3.8, 4) is 0 Å². The van der Waals surface area contributed by atoms with E-state index >= 15 is 0 Å². The molecule has 2 aliphatic carbocycles. The number of nitrogens with one attached hydrogen (secondary N) is 3. The molecule has 7 heteroatoms. The highest BCUT2D eigenvalue weighted by Crippen LogP contribution is 2.37. The number of amides is 2. The molecule has 0 saturated heterocycles. The maximum Gasteiger partial charge on any atom is 0.268 e. The summed E-state index contributed by atoms with van der Waals surface area (Å²) in [6.45, 7) is 7.23. The summed E-state index contributed by atoms with van der Waals surface area (Å²) in [6.07, 6.45) is 5.12. The first-order valence-corrected chi connectivity index (χ1v) is 13.1. The minimum atomic E-state index is -0.613. The fourth-order valence-corrected chi connectivity index (χ4v) is 5.21. The number of hydrogen-bond acceptors (Lipinski definition) is 4. The van der Waals surface area contributed by atoms with Crippen molar-refractivity contribution in [2.24, 2.45) is 11.3 Å². The lowest BCUT2D eigenvalue weighted by Gasteiger charge is -2.28. The Morgan fingerprint density at radius 2 is 1.78 bits per heavy atom. The zero-order valence-corrected chi connectivity index (χ0v) is 22.3. The number of Topliss-reactive ketones (excluding diaryl/α,β-unsaturated/α-hetero) is 1. The standard InChI is InChI=1S/C29H40N4O3/c1-18-25-23(14-29(2,3)15-24(25)34)31-26(18)28(36)32-22(13-12-19-6-7-19)27(35)30-16-20-8-10-21(11-9-20)17-33(4)5/h8-11,19,22,31H,6-7,12-17H2,1-5H3,(H,30,35)(H,32,36). The van der Waals surface area contributed by atoms with Gasteiger partial charge in [0, 0.05) is 30.8 Å². The predicted octanol–water partition coefficient (Wildman–Crippen LogP) is 4.14. The molecule has 1 fully saturated rings. The quantitative estimate of drug-likeness (QED) is 0.465. The van der Waals surface area contributed by atoms with Gasteiger partial charge in [0.25, 0.3) is 5.91 Å². The van der Waals surface area contributed by atoms with Crippen molar-refractivity contribution < 1.29 is 14.4 Å². The lowest BCUT2D eigenvalue weighted by molar-refractivity contribution is -0.123. The van der Waals surface area contributed by atoms with Gasteiger partial charge in [-0.3, -0.25) is 14.4 Å². The molecule has 4 rings (SSSR count). The van der Waals surface area contributed by atoms with Crippen LogP contribution < -0.4 is 10.6 Å². The third-order valence-electron chi connectivity index (χ3n) is 7.30. The molecule has 2 amide bonds. The van der Waals surface area contributed by atoms with Crippen molar-refractivity contribution in [2.45, 2.75) is 78.4 Å². The molecule has 3 N–H and O–H groups in total. The van der Waals surface area contributed by atoms with Crippen LogP contribution in [0.15, 0.2) is 24.3 Å². The molecule has 0 radical (unpaired) electrons. The number of nitrogens with zero attached hydrogens (tertiary/aromatic N) is 1. The van der Waals surface area contributed by atoms with Crippen LogP contribution >= 0.6 is 0 Å². The molecular formula is C29H40N4O3. The average Bonchev–Trinajstić information content (AvgIpc) is 3.56. The fraction of sp³-hybridized carbons (Fsp3) is 0.552. The number of rotatable bonds is 10. The predicted molar refractivity (Wildman–Crippen MR) is 141 cm³/mol. The Morgan fingerprint density at radius 1 is 1.11 bits per heavy atom. The molecular weight excluding hydrogens is 452 g/mol. The van der Waals surface area contributed by atoms with Gasteiger partial charge in [-0.05, 0) is 68.3 Å². The van der Waals surface area contributed by atoms with Crippen LogP contribution in [0.25, 0.3) is 0 Å². The smallest absolute Gasteiger partial charge is 0.268 e. The van der Waals surface area contributed by atoms with E-state index in [-0.39, 0.29) is 23.0 Å². The van der Waals surface area contributed by atoms with E-state index in [1.807, 2.05) is 33.2 Å². The van der Waals surface area contributed by atoms with Gasteiger partial charge < -0.3 is 20.5 Å². The van der Waals surface area contributed by atoms with E-state index in [0.29, 0.717) is 42.1 Å². The zero-order valence-electron chi connectivity index (χ0n) is 22.3. The largest absolute Gasteiger partial charge is 0.354 e. The number of fused-ring (bicyclic) bond motifs is 1. The molecule has 1 unspecified atom stereocenters. The van der Waals surface area contributed by atoms with Crippen molar-refractivity contribution in [2.75, 3.05) is 14.1 Å². The highest BCUT2D eigenvalue weighted by molar-refractivity contribution is 6.05. The number of carbonyl (C=O) groups excluding carboxylic acids is 3. The summed E-state index contributed by atoms with van der Waals surface area (Å²) in [5, 5.41) is 5.98. The second kappa shape index (κ2) is 10.6. The molecule has 1 aromatic carbocycles. The van der Waals surface area contributed by atoms with E-state index in [1.54, 1.807) is 0 Å². The molecule has 2 aliphatic rings. The summed E-state index contributed by atoms with van der Waals surface area (Å²) in [4.78, 5) is 44.5. The van der Waals surface area contributed by atoms with Crippen LogP contribution in [-0.4, -0.2) is 47.6 Å². The minimum absolute atomic E-state index is 0.0775. The molecule has 194 valence electrons. The van der Waals surface area contributed by atoms with Crippen LogP contribution in [0.2, 0.25) is 0 Å². The van der Waals surface area contributed by atoms with Gasteiger partial charge in [0.15, 0.2) is 5.78 Å². The average molecular weight is 493 g/mol. The Bertz CT molecular complexity index is 1130. The number of aromatic nitrogens is 1. The van der Waals surface area contributed by atoms with Crippen LogP contribution in [0.4, 0.5) is 0 Å². The number of aromatic amines is 1. The fourth-order valence-electron chi connectivity index (χ4n) is 5.21. The lowest BCUT2D eigenvalue weighted by atomic mass is 9.75. The van der Waals surface area contributed by atoms with Crippen LogP contribution in [-0.2, 0) is 24.3 Å². The van der Waals surface area contributed by atoms with Gasteiger partial charge in [-0.1, -0.05) is 51.0 Å². The third kappa shape index (κ3) is 6.44. The first-order valence-electron chi connectivity index (χ1n) is 13.1. The monoisotopic (exact) mass is 492 g/mol. The topological polar surface area (TPSA) is 94.3 Å². The van der Waals surface area contributed by atoms with Crippen LogP contribution in [0.3, 0.4) is 0 Å². The molecule has 0 bridgehead atoms. The first-order chi connectivity index (χ1) is 17.0. The summed E-state index contributed by atoms with van der Waals surface area (Å²) < 4.78 is 0. The SMILES string of the molecule is Cc1c(C(=O)NC(CCC2CC2)C(=O)NCc2ccc(CN(C)C)cc2)[nH]c2c1C(=O)CC(C)(C)C2. The maximum absolute atomic E-state index is 13.3. The lowest BCUT2D eigenvalue weighted by Crippen LogP contribution is -2.46. The number of carbonyl (C=O) groups is 3. The van der Waals surface area contributed by atoms with Crippen molar-refractivity contribution in [1.82, 2.24) is 20.5 Å². The molecule has 1 atom stereocenters. The van der Waals surface area contributed by atoms with Crippen LogP contribution in [0.5, 0.6) is 0 Å². The molecule has 36 heavy (non-hydrogen) atoms. The van der Waals surface area contributed by atoms with E-state index in [1.165, 1.54) is 18.4 Å². The van der Waals surface area contributed by atoms with Crippen molar-refractivity contribution >= 4 is 17.6 Å². The summed E-state index contributed by atoms with van der Waals surface area (Å²) in [6, 6.07) is 7.60. The number of H-pyrrole nitrogens is 1. The minimum Gasteiger partial charge on any atom is -0.354 e. The summed E-state index contributed by atoms with van der Waals surface area (Å²) in [5.41, 5.74) is 4.66. The van der Waals surface area contributed by atoms with E-state index < -0.39 is 6.04 Å². The van der Waals surface area contributed by atoms with Gasteiger partial charge in [-0.25, -0.2) is 0 Å². The second-order valence-electron chi connectivity index (χ2n) is 11.7. The van der Waals surface area contributed by atoms with Crippen molar-refractivity contribution in [1.29, 1.82) is 0 Å². The third-order valence-corrected chi connectivity index (χ3v) is 7.30. The molecule has 1 saturated carbocycles. The van der Waals surface area contributed by atoms with Gasteiger partial charge in [0.2, 0.25) is 5.91 Å². The van der Waals surface area contributed by atoms with E-state index in [4.69, 9.17) is 0 Å². The molecule has 2 aromatic rings. The van der Waals surface area contributed by atoms with Gasteiger partial charge in [0.1, 0.15) is 11.7 Å². The Hall–Kier alpha value is -2.93. The molecule has 1 aromatic heterocycles. The van der Waals surface area contributed by atoms with Gasteiger partial charge >= 0.3 is 0 Å². The zero-order chi connectivity index (χ0) is 26.0. The van der Waals surface area contributed by atoms with Gasteiger partial charge in [-0.15, -0.1) is 0 Å². The van der Waals surface area contributed by atoms with Crippen molar-refractivity contribution in [3.05, 3.63) is 57.9 Å². The van der Waals surface area contributed by atoms with Crippen LogP contribution in [0.1, 0.15) is 89.2 Å². The van der Waals surface area contributed by atoms with Crippen molar-refractivity contribution in [3.63, 3.8) is 0 Å². The Morgan fingerprint density at radius 3 is 2.42 bits per heavy atom. The highest BCUT2D eigenvalue weighted by atomic mass is 16.2. The van der Waals surface area contributed by atoms with E-state index in [2.05, 4.69) is 46.5 Å². The highest BCUT2D eigenvalue weighted by Gasteiger charge is 2.36. The Kier molecular flexibility index (Phi) is 7.69. The van der Waals surface area contributed by atoms with Crippen LogP contribution in [0, 0.1) is 18.3 Å². The Balaban J connectivity index is 1.42. The summed E-state index contributed by atoms with van der Waals surface area (Å²) >= 11 is 0. The van der Waals surface area contributed by atoms with Gasteiger partial charge in [0.05, 0.1) is 0 Å². The normalized spacial score (nSPS) is 17.6. The maximum atomic E-state index is 13.3. The molecule has 7 nitrogen and oxygen atoms in total. The summed E-state index contributed by atoms with van der Waals surface area (Å²) in [5.74, 6) is 0.235. The van der Waals surface area contributed by atoms with Gasteiger partial charge in [-0.2, -0.15) is 0 Å². The van der Waals surface area contributed by atoms with E-state index in [9.17, 15) is 14.4 Å². The first kappa shape index (κ1) is 26.1. The molecule has 1 heterocycles.